The molecule has 0 bridgehead atoms. The number of likely N-dealkylation sites (N-methyl/N-ethyl adjacent to an activating group) is 1. The Morgan fingerprint density at radius 2 is 1.86 bits per heavy atom. The van der Waals surface area contributed by atoms with Gasteiger partial charge >= 0.3 is 0 Å². The summed E-state index contributed by atoms with van der Waals surface area (Å²) in [5.74, 6) is -6.63. The number of nitrogens with zero attached hydrogens (tertiary/aromatic N) is 2. The van der Waals surface area contributed by atoms with Crippen molar-refractivity contribution in [3.05, 3.63) is 62.9 Å². The van der Waals surface area contributed by atoms with Crippen LogP contribution in [-0.2, 0) is 16.0 Å². The van der Waals surface area contributed by atoms with E-state index in [1.807, 2.05) is 56.3 Å². The van der Waals surface area contributed by atoms with Gasteiger partial charge in [-0.2, -0.15) is 0 Å². The number of aliphatic hydroxyl groups is 3. The molecule has 4 unspecified atom stereocenters. The topological polar surface area (TPSA) is 165 Å². The van der Waals surface area contributed by atoms with Crippen molar-refractivity contribution in [2.24, 2.45) is 17.6 Å². The monoisotopic (exact) mass is 593 g/mol. The van der Waals surface area contributed by atoms with Crippen LogP contribution in [0.3, 0.4) is 0 Å². The SMILES string of the molecule is CC/C=C/c1ccc(-c2cc(N(C)C)c3c(c2O)C(=O)C2=C(O)C4(O)C(=O)C(C(N)=O)=C(O)C(N(C)C)C4CC2C3)s1. The van der Waals surface area contributed by atoms with Crippen molar-refractivity contribution >= 4 is 40.6 Å². The average molecular weight is 594 g/mol. The van der Waals surface area contributed by atoms with Crippen molar-refractivity contribution in [2.45, 2.75) is 37.8 Å². The average Bonchev–Trinajstić information content (AvgIpc) is 3.37. The summed E-state index contributed by atoms with van der Waals surface area (Å²) in [5.41, 5.74) is 3.48. The first-order valence-electron chi connectivity index (χ1n) is 13.7. The molecule has 0 radical (unpaired) electrons. The molecule has 1 aromatic carbocycles. The quantitative estimate of drug-likeness (QED) is 0.316. The minimum atomic E-state index is -2.67. The van der Waals surface area contributed by atoms with Crippen molar-refractivity contribution in [1.29, 1.82) is 0 Å². The molecule has 1 amide bonds. The molecule has 11 heteroatoms. The van der Waals surface area contributed by atoms with Gasteiger partial charge in [-0.25, -0.2) is 0 Å². The van der Waals surface area contributed by atoms with E-state index in [4.69, 9.17) is 5.73 Å². The van der Waals surface area contributed by atoms with E-state index in [-0.39, 0.29) is 29.7 Å². The Morgan fingerprint density at radius 1 is 1.17 bits per heavy atom. The molecule has 3 aliphatic rings. The first-order valence-corrected chi connectivity index (χ1v) is 14.5. The van der Waals surface area contributed by atoms with Gasteiger partial charge in [0.25, 0.3) is 5.91 Å². The number of phenols is 1. The van der Waals surface area contributed by atoms with Crippen LogP contribution in [0.5, 0.6) is 5.75 Å². The predicted octanol–water partition coefficient (Wildman–Crippen LogP) is 3.34. The number of hydrogen-bond donors (Lipinski definition) is 5. The van der Waals surface area contributed by atoms with Crippen molar-refractivity contribution in [2.75, 3.05) is 33.1 Å². The predicted molar refractivity (Wildman–Crippen MR) is 161 cm³/mol. The normalized spacial score (nSPS) is 25.6. The summed E-state index contributed by atoms with van der Waals surface area (Å²) < 4.78 is 0. The van der Waals surface area contributed by atoms with Gasteiger partial charge in [0.1, 0.15) is 22.8 Å². The molecule has 0 saturated heterocycles. The highest BCUT2D eigenvalue weighted by Crippen LogP contribution is 2.54. The fourth-order valence-electron chi connectivity index (χ4n) is 6.71. The molecule has 10 nitrogen and oxygen atoms in total. The van der Waals surface area contributed by atoms with Crippen LogP contribution in [0.15, 0.2) is 46.9 Å². The van der Waals surface area contributed by atoms with Gasteiger partial charge in [-0.05, 0) is 69.1 Å². The van der Waals surface area contributed by atoms with Crippen molar-refractivity contribution in [3.63, 3.8) is 0 Å². The number of fused-ring (bicyclic) bond motifs is 3. The maximum atomic E-state index is 14.2. The molecule has 0 fully saturated rings. The standard InChI is InChI=1S/C31H35N3O7S/c1-6-7-8-15-9-10-20(42-15)17-13-19(33(2)3)16-11-14-12-18-24(34(4)5)27(37)23(30(32)40)29(39)31(18,41)28(38)21(14)26(36)22(16)25(17)35/h7-10,13-14,18,24,35,37-38,41H,6,11-12H2,1-5H3,(H2,32,40)/b8-7+. The first-order chi connectivity index (χ1) is 19.7. The van der Waals surface area contributed by atoms with Crippen LogP contribution in [0.4, 0.5) is 5.69 Å². The maximum Gasteiger partial charge on any atom is 0.255 e. The summed E-state index contributed by atoms with van der Waals surface area (Å²) in [4.78, 5) is 45.0. The number of primary amides is 1. The van der Waals surface area contributed by atoms with Crippen LogP contribution in [-0.4, -0.2) is 82.6 Å². The molecule has 5 rings (SSSR count). The van der Waals surface area contributed by atoms with E-state index >= 15 is 0 Å². The minimum Gasteiger partial charge on any atom is -0.510 e. The van der Waals surface area contributed by atoms with Crippen LogP contribution < -0.4 is 10.6 Å². The van der Waals surface area contributed by atoms with Gasteiger partial charge in [0.2, 0.25) is 5.78 Å². The second-order valence-corrected chi connectivity index (χ2v) is 12.6. The molecule has 0 aliphatic heterocycles. The molecule has 3 aliphatic carbocycles. The number of aliphatic hydroxyl groups excluding tert-OH is 2. The summed E-state index contributed by atoms with van der Waals surface area (Å²) in [6.07, 6.45) is 5.16. The number of anilines is 1. The number of nitrogens with two attached hydrogens (primary N) is 1. The highest BCUT2D eigenvalue weighted by atomic mass is 32.1. The number of amides is 1. The zero-order valence-corrected chi connectivity index (χ0v) is 25.0. The smallest absolute Gasteiger partial charge is 0.255 e. The summed E-state index contributed by atoms with van der Waals surface area (Å²) in [6.45, 7) is 2.03. The fraction of sp³-hybridized carbons (Fsp3) is 0.387. The van der Waals surface area contributed by atoms with E-state index in [0.29, 0.717) is 16.8 Å². The Hall–Kier alpha value is -3.93. The molecular formula is C31H35N3O7S. The number of aromatic hydroxyl groups is 1. The molecule has 4 atom stereocenters. The van der Waals surface area contributed by atoms with Crippen molar-refractivity contribution in [1.82, 2.24) is 4.90 Å². The molecular weight excluding hydrogens is 558 g/mol. The number of ketones is 2. The lowest BCUT2D eigenvalue weighted by atomic mass is 9.58. The largest absolute Gasteiger partial charge is 0.510 e. The zero-order chi connectivity index (χ0) is 30.8. The Kier molecular flexibility index (Phi) is 7.33. The molecule has 0 spiro atoms. The highest BCUT2D eigenvalue weighted by molar-refractivity contribution is 7.16. The number of phenolic OH excluding ortho intramolecular Hbond substituents is 1. The van der Waals surface area contributed by atoms with Gasteiger partial charge in [-0.15, -0.1) is 11.3 Å². The van der Waals surface area contributed by atoms with Crippen LogP contribution in [0.25, 0.3) is 16.5 Å². The van der Waals surface area contributed by atoms with Crippen molar-refractivity contribution < 1.29 is 34.8 Å². The highest BCUT2D eigenvalue weighted by Gasteiger charge is 2.63. The Morgan fingerprint density at radius 3 is 2.45 bits per heavy atom. The molecule has 222 valence electrons. The summed E-state index contributed by atoms with van der Waals surface area (Å²) in [7, 11) is 6.88. The van der Waals surface area contributed by atoms with Crippen molar-refractivity contribution in [3.8, 4) is 16.2 Å². The fourth-order valence-corrected chi connectivity index (χ4v) is 7.66. The van der Waals surface area contributed by atoms with Gasteiger partial charge in [0.15, 0.2) is 11.4 Å². The number of allylic oxidation sites excluding steroid dienone is 2. The first kappa shape index (κ1) is 29.6. The molecule has 1 aromatic heterocycles. The van der Waals surface area contributed by atoms with E-state index in [1.54, 1.807) is 14.1 Å². The number of rotatable bonds is 6. The van der Waals surface area contributed by atoms with E-state index < -0.39 is 58.0 Å². The summed E-state index contributed by atoms with van der Waals surface area (Å²) in [5, 5.41) is 45.9. The molecule has 2 aromatic rings. The zero-order valence-electron chi connectivity index (χ0n) is 24.1. The Bertz CT molecular complexity index is 1620. The van der Waals surface area contributed by atoms with Crippen LogP contribution >= 0.6 is 11.3 Å². The molecule has 1 heterocycles. The lowest BCUT2D eigenvalue weighted by Gasteiger charge is -2.50. The van der Waals surface area contributed by atoms with Crippen LogP contribution in [0, 0.1) is 11.8 Å². The third-order valence-corrected chi connectivity index (χ3v) is 9.67. The number of carbonyl (C=O) groups is 3. The maximum absolute atomic E-state index is 14.2. The van der Waals surface area contributed by atoms with Gasteiger partial charge in [-0.3, -0.25) is 19.3 Å². The number of hydrogen-bond acceptors (Lipinski definition) is 10. The van der Waals surface area contributed by atoms with E-state index in [0.717, 1.165) is 16.2 Å². The van der Waals surface area contributed by atoms with Gasteiger partial charge in [0, 0.05) is 46.6 Å². The second kappa shape index (κ2) is 10.4. The molecule has 0 saturated carbocycles. The van der Waals surface area contributed by atoms with Gasteiger partial charge in [0.05, 0.1) is 11.6 Å². The van der Waals surface area contributed by atoms with Gasteiger partial charge < -0.3 is 31.1 Å². The van der Waals surface area contributed by atoms with Crippen LogP contribution in [0.2, 0.25) is 0 Å². The second-order valence-electron chi connectivity index (χ2n) is 11.5. The number of carbonyl (C=O) groups excluding carboxylic acids is 3. The number of thiophene rings is 1. The minimum absolute atomic E-state index is 0.00367. The Balaban J connectivity index is 1.72. The number of Topliss-reactive ketones (excluding diaryl/α,β-unsaturated/α-hetero) is 2. The summed E-state index contributed by atoms with van der Waals surface area (Å²) >= 11 is 1.46. The lowest BCUT2D eigenvalue weighted by molar-refractivity contribution is -0.148. The Labute approximate surface area is 247 Å². The van der Waals surface area contributed by atoms with E-state index in [1.165, 1.54) is 16.2 Å². The number of benzene rings is 1. The third kappa shape index (κ3) is 4.18. The molecule has 6 N–H and O–H groups in total. The van der Waals surface area contributed by atoms with E-state index in [9.17, 15) is 34.8 Å². The van der Waals surface area contributed by atoms with Gasteiger partial charge in [-0.1, -0.05) is 13.0 Å². The third-order valence-electron chi connectivity index (χ3n) is 8.59. The van der Waals surface area contributed by atoms with Crippen LogP contribution in [0.1, 0.15) is 40.6 Å². The molecule has 42 heavy (non-hydrogen) atoms. The summed E-state index contributed by atoms with van der Waals surface area (Å²) in [6, 6.07) is 4.61. The van der Waals surface area contributed by atoms with E-state index in [2.05, 4.69) is 0 Å². The lowest BCUT2D eigenvalue weighted by Crippen LogP contribution is -2.63.